The van der Waals surface area contributed by atoms with Crippen LogP contribution in [0, 0.1) is 6.92 Å². The van der Waals surface area contributed by atoms with E-state index in [4.69, 9.17) is 9.15 Å². The summed E-state index contributed by atoms with van der Waals surface area (Å²) in [6, 6.07) is 12.7. The van der Waals surface area contributed by atoms with Crippen molar-refractivity contribution in [1.29, 1.82) is 0 Å². The molecule has 0 saturated heterocycles. The van der Waals surface area contributed by atoms with Crippen molar-refractivity contribution in [3.8, 4) is 5.75 Å². The Morgan fingerprint density at radius 1 is 1.13 bits per heavy atom. The quantitative estimate of drug-likeness (QED) is 0.702. The molecule has 23 heavy (non-hydrogen) atoms. The smallest absolute Gasteiger partial charge is 0.422 e. The van der Waals surface area contributed by atoms with Crippen LogP contribution in [0.15, 0.2) is 60.9 Å². The fourth-order valence-corrected chi connectivity index (χ4v) is 2.72. The van der Waals surface area contributed by atoms with E-state index >= 15 is 0 Å². The molecule has 1 aromatic heterocycles. The molecule has 0 atom stereocenters. The molecule has 5 nitrogen and oxygen atoms in total. The van der Waals surface area contributed by atoms with Crippen LogP contribution in [-0.4, -0.2) is 11.2 Å². The normalized spacial score (nSPS) is 10.9. The molecular formula is C17H14BrNO4. The zero-order chi connectivity index (χ0) is 16.4. The van der Waals surface area contributed by atoms with Crippen molar-refractivity contribution in [2.24, 2.45) is 0 Å². The Hall–Kier alpha value is -2.34. The van der Waals surface area contributed by atoms with E-state index in [2.05, 4.69) is 15.9 Å². The summed E-state index contributed by atoms with van der Waals surface area (Å²) in [6.45, 7) is 2.44. The third-order valence-corrected chi connectivity index (χ3v) is 4.05. The summed E-state index contributed by atoms with van der Waals surface area (Å²) < 4.78 is 12.8. The fourth-order valence-electron chi connectivity index (χ4n) is 2.45. The maximum Gasteiger partial charge on any atom is 0.422 e. The molecule has 3 aromatic rings. The minimum absolute atomic E-state index is 0.290. The topological polar surface area (TPSA) is 61.4 Å². The standard InChI is InChI=1S/C17H14BrNO4/c1-11-3-2-4-14-15(11)19(17(21)23-16(14)20)9-10-22-13-7-5-12(18)6-8-13/h2-8H,9-10H2,1H3. The maximum absolute atomic E-state index is 12.0. The Bertz CT molecular complexity index is 957. The van der Waals surface area contributed by atoms with Gasteiger partial charge in [-0.05, 0) is 42.8 Å². The first-order valence-electron chi connectivity index (χ1n) is 7.08. The molecule has 0 unspecified atom stereocenters. The summed E-state index contributed by atoms with van der Waals surface area (Å²) >= 11 is 3.36. The second-order valence-electron chi connectivity index (χ2n) is 5.08. The molecule has 0 aliphatic heterocycles. The van der Waals surface area contributed by atoms with Crippen LogP contribution in [0.3, 0.4) is 0 Å². The number of halogens is 1. The Morgan fingerprint density at radius 3 is 2.61 bits per heavy atom. The van der Waals surface area contributed by atoms with Crippen molar-refractivity contribution in [2.75, 3.05) is 6.61 Å². The maximum atomic E-state index is 12.0. The number of hydrogen-bond acceptors (Lipinski definition) is 4. The lowest BCUT2D eigenvalue weighted by atomic mass is 10.1. The van der Waals surface area contributed by atoms with Gasteiger partial charge in [0.15, 0.2) is 0 Å². The van der Waals surface area contributed by atoms with E-state index < -0.39 is 11.4 Å². The van der Waals surface area contributed by atoms with E-state index in [0.29, 0.717) is 29.8 Å². The molecule has 1 heterocycles. The molecule has 0 radical (unpaired) electrons. The van der Waals surface area contributed by atoms with Crippen molar-refractivity contribution in [2.45, 2.75) is 13.5 Å². The lowest BCUT2D eigenvalue weighted by Crippen LogP contribution is -2.27. The van der Waals surface area contributed by atoms with E-state index in [9.17, 15) is 9.59 Å². The van der Waals surface area contributed by atoms with Gasteiger partial charge < -0.3 is 9.15 Å². The molecule has 118 valence electrons. The van der Waals surface area contributed by atoms with E-state index in [1.807, 2.05) is 37.3 Å². The van der Waals surface area contributed by atoms with Crippen molar-refractivity contribution >= 4 is 26.8 Å². The van der Waals surface area contributed by atoms with E-state index in [0.717, 1.165) is 10.0 Å². The zero-order valence-electron chi connectivity index (χ0n) is 12.4. The molecule has 0 aliphatic rings. The van der Waals surface area contributed by atoms with E-state index in [1.165, 1.54) is 4.57 Å². The zero-order valence-corrected chi connectivity index (χ0v) is 14.0. The Labute approximate surface area is 140 Å². The molecule has 0 bridgehead atoms. The largest absolute Gasteiger partial charge is 0.492 e. The van der Waals surface area contributed by atoms with Crippen molar-refractivity contribution < 1.29 is 9.15 Å². The molecule has 0 spiro atoms. The highest BCUT2D eigenvalue weighted by molar-refractivity contribution is 9.10. The number of ether oxygens (including phenoxy) is 1. The number of fused-ring (bicyclic) bond motifs is 1. The molecule has 2 aromatic carbocycles. The number of nitrogens with zero attached hydrogens (tertiary/aromatic N) is 1. The Balaban J connectivity index is 1.89. The van der Waals surface area contributed by atoms with Crippen LogP contribution < -0.4 is 16.1 Å². The van der Waals surface area contributed by atoms with Crippen molar-refractivity contribution in [3.63, 3.8) is 0 Å². The summed E-state index contributed by atoms with van der Waals surface area (Å²) in [5.74, 6) is 0.0378. The van der Waals surface area contributed by atoms with Crippen LogP contribution >= 0.6 is 15.9 Å². The second-order valence-corrected chi connectivity index (χ2v) is 6.00. The highest BCUT2D eigenvalue weighted by atomic mass is 79.9. The lowest BCUT2D eigenvalue weighted by molar-refractivity contribution is 0.287. The van der Waals surface area contributed by atoms with Gasteiger partial charge in [0.05, 0.1) is 17.4 Å². The Kier molecular flexibility index (Phi) is 4.34. The molecule has 0 N–H and O–H groups in total. The van der Waals surface area contributed by atoms with E-state index in [-0.39, 0.29) is 0 Å². The summed E-state index contributed by atoms with van der Waals surface area (Å²) in [5, 5.41) is 0.397. The van der Waals surface area contributed by atoms with Crippen LogP contribution in [0.5, 0.6) is 5.75 Å². The van der Waals surface area contributed by atoms with Crippen LogP contribution in [0.25, 0.3) is 10.9 Å². The van der Waals surface area contributed by atoms with Gasteiger partial charge in [-0.15, -0.1) is 0 Å². The van der Waals surface area contributed by atoms with Gasteiger partial charge in [-0.1, -0.05) is 28.1 Å². The monoisotopic (exact) mass is 375 g/mol. The van der Waals surface area contributed by atoms with Crippen LogP contribution in [0.4, 0.5) is 0 Å². The summed E-state index contributed by atoms with van der Waals surface area (Å²) in [5.41, 5.74) is 0.822. The minimum atomic E-state index is -0.670. The minimum Gasteiger partial charge on any atom is -0.492 e. The second kappa shape index (κ2) is 6.42. The van der Waals surface area contributed by atoms with Gasteiger partial charge in [-0.3, -0.25) is 4.57 Å². The average molecular weight is 376 g/mol. The highest BCUT2D eigenvalue weighted by Crippen LogP contribution is 2.17. The first kappa shape index (κ1) is 15.6. The third kappa shape index (κ3) is 3.22. The highest BCUT2D eigenvalue weighted by Gasteiger charge is 2.11. The number of aromatic nitrogens is 1. The first-order chi connectivity index (χ1) is 11.1. The van der Waals surface area contributed by atoms with Crippen LogP contribution in [0.1, 0.15) is 5.56 Å². The van der Waals surface area contributed by atoms with Gasteiger partial charge in [-0.25, -0.2) is 9.59 Å². The van der Waals surface area contributed by atoms with E-state index in [1.54, 1.807) is 12.1 Å². The predicted octanol–water partition coefficient (Wildman–Crippen LogP) is 3.10. The van der Waals surface area contributed by atoms with Gasteiger partial charge in [0, 0.05) is 4.47 Å². The summed E-state index contributed by atoms with van der Waals surface area (Å²) in [6.07, 6.45) is 0. The number of rotatable bonds is 4. The third-order valence-electron chi connectivity index (χ3n) is 3.53. The molecule has 6 heteroatoms. The number of benzene rings is 2. The van der Waals surface area contributed by atoms with Crippen molar-refractivity contribution in [1.82, 2.24) is 4.57 Å². The summed E-state index contributed by atoms with van der Waals surface area (Å²) in [4.78, 5) is 23.8. The Morgan fingerprint density at radius 2 is 1.87 bits per heavy atom. The van der Waals surface area contributed by atoms with Gasteiger partial charge in [0.25, 0.3) is 0 Å². The van der Waals surface area contributed by atoms with Crippen LogP contribution in [0.2, 0.25) is 0 Å². The van der Waals surface area contributed by atoms with Gasteiger partial charge in [0.2, 0.25) is 0 Å². The molecule has 0 amide bonds. The predicted molar refractivity (Wildman–Crippen MR) is 91.1 cm³/mol. The van der Waals surface area contributed by atoms with Crippen molar-refractivity contribution in [3.05, 3.63) is 73.5 Å². The van der Waals surface area contributed by atoms with Gasteiger partial charge in [-0.2, -0.15) is 0 Å². The van der Waals surface area contributed by atoms with Gasteiger partial charge >= 0.3 is 11.4 Å². The number of aryl methyl sites for hydroxylation is 1. The molecular weight excluding hydrogens is 362 g/mol. The number of para-hydroxylation sites is 1. The fraction of sp³-hybridized carbons (Fsp3) is 0.176. The average Bonchev–Trinajstić information content (AvgIpc) is 2.53. The first-order valence-corrected chi connectivity index (χ1v) is 7.87. The molecule has 0 fully saturated rings. The lowest BCUT2D eigenvalue weighted by Gasteiger charge is -2.11. The SMILES string of the molecule is Cc1cccc2c(=O)oc(=O)n(CCOc3ccc(Br)cc3)c12. The molecule has 0 saturated carbocycles. The van der Waals surface area contributed by atoms with Gasteiger partial charge in [0.1, 0.15) is 12.4 Å². The molecule has 0 aliphatic carbocycles. The summed E-state index contributed by atoms with van der Waals surface area (Å²) in [7, 11) is 0. The van der Waals surface area contributed by atoms with Crippen LogP contribution in [-0.2, 0) is 6.54 Å². The number of hydrogen-bond donors (Lipinski definition) is 0. The molecule has 3 rings (SSSR count).